The molecule has 5 heteroatoms. The average Bonchev–Trinajstić information content (AvgIpc) is 2.77. The van der Waals surface area contributed by atoms with Crippen molar-refractivity contribution in [2.24, 2.45) is 0 Å². The highest BCUT2D eigenvalue weighted by Gasteiger charge is 2.13. The molecule has 18 heavy (non-hydrogen) atoms. The molecule has 0 atom stereocenters. The summed E-state index contributed by atoms with van der Waals surface area (Å²) in [6, 6.07) is 5.37. The van der Waals surface area contributed by atoms with Gasteiger partial charge in [0.2, 0.25) is 0 Å². The average molecular weight is 249 g/mol. The minimum atomic E-state index is -0.340. The summed E-state index contributed by atoms with van der Waals surface area (Å²) in [5.74, 6) is 0.139. The van der Waals surface area contributed by atoms with E-state index in [1.54, 1.807) is 6.07 Å². The second-order valence-corrected chi connectivity index (χ2v) is 4.34. The summed E-state index contributed by atoms with van der Waals surface area (Å²) in [5.41, 5.74) is 1.28. The zero-order valence-electron chi connectivity index (χ0n) is 10.7. The molecule has 0 spiro atoms. The van der Waals surface area contributed by atoms with Gasteiger partial charge in [0.1, 0.15) is 5.82 Å². The van der Waals surface area contributed by atoms with E-state index >= 15 is 0 Å². The Labute approximate surface area is 105 Å². The highest BCUT2D eigenvalue weighted by Crippen LogP contribution is 2.26. The van der Waals surface area contributed by atoms with Gasteiger partial charge in [0.05, 0.1) is 5.56 Å². The molecule has 1 N–H and O–H groups in total. The minimum Gasteiger partial charge on any atom is -0.403 e. The second kappa shape index (κ2) is 5.16. The van der Waals surface area contributed by atoms with Crippen LogP contribution < -0.4 is 5.32 Å². The van der Waals surface area contributed by atoms with Crippen LogP contribution in [0.3, 0.4) is 0 Å². The predicted octanol–water partition coefficient (Wildman–Crippen LogP) is 3.43. The lowest BCUT2D eigenvalue weighted by Gasteiger charge is -2.06. The van der Waals surface area contributed by atoms with Gasteiger partial charge in [-0.2, -0.15) is 0 Å². The third kappa shape index (κ3) is 2.50. The lowest BCUT2D eigenvalue weighted by molar-refractivity contribution is 0.568. The lowest BCUT2D eigenvalue weighted by atomic mass is 10.0. The van der Waals surface area contributed by atoms with Crippen LogP contribution in [0.1, 0.15) is 32.3 Å². The number of anilines is 1. The molecule has 0 aliphatic carbocycles. The smallest absolute Gasteiger partial charge is 0.315 e. The molecule has 0 radical (unpaired) electrons. The number of rotatable bonds is 4. The fraction of sp³-hybridized carbons (Fsp3) is 0.385. The molecule has 0 saturated heterocycles. The van der Waals surface area contributed by atoms with Crippen molar-refractivity contribution in [3.8, 4) is 11.5 Å². The van der Waals surface area contributed by atoms with Crippen LogP contribution in [0.5, 0.6) is 0 Å². The Balaban J connectivity index is 2.32. The Morgan fingerprint density at radius 1 is 1.33 bits per heavy atom. The molecule has 0 saturated carbocycles. The van der Waals surface area contributed by atoms with Crippen molar-refractivity contribution in [3.05, 3.63) is 29.6 Å². The minimum absolute atomic E-state index is 0.193. The van der Waals surface area contributed by atoms with Crippen molar-refractivity contribution in [2.45, 2.75) is 26.7 Å². The van der Waals surface area contributed by atoms with Crippen LogP contribution in [-0.2, 0) is 0 Å². The van der Waals surface area contributed by atoms with Gasteiger partial charge >= 0.3 is 6.01 Å². The molecule has 96 valence electrons. The van der Waals surface area contributed by atoms with E-state index in [4.69, 9.17) is 4.42 Å². The van der Waals surface area contributed by atoms with Crippen LogP contribution in [0.2, 0.25) is 0 Å². The largest absolute Gasteiger partial charge is 0.403 e. The fourth-order valence-corrected chi connectivity index (χ4v) is 1.62. The first-order chi connectivity index (χ1) is 8.61. The number of halogens is 1. The summed E-state index contributed by atoms with van der Waals surface area (Å²) in [4.78, 5) is 0. The van der Waals surface area contributed by atoms with Crippen LogP contribution in [0.25, 0.3) is 11.5 Å². The lowest BCUT2D eigenvalue weighted by Crippen LogP contribution is -1.95. The maximum absolute atomic E-state index is 13.9. The highest BCUT2D eigenvalue weighted by atomic mass is 19.1. The number of hydrogen-bond acceptors (Lipinski definition) is 4. The third-order valence-electron chi connectivity index (χ3n) is 2.64. The van der Waals surface area contributed by atoms with Gasteiger partial charge in [-0.05, 0) is 30.5 Å². The summed E-state index contributed by atoms with van der Waals surface area (Å²) in [6.45, 7) is 6.63. The molecule has 0 fully saturated rings. The molecule has 0 aliphatic heterocycles. The van der Waals surface area contributed by atoms with Crippen LogP contribution in [0, 0.1) is 5.82 Å². The number of hydrogen-bond donors (Lipinski definition) is 1. The van der Waals surface area contributed by atoms with Gasteiger partial charge in [0, 0.05) is 6.54 Å². The van der Waals surface area contributed by atoms with E-state index in [1.165, 1.54) is 6.07 Å². The van der Waals surface area contributed by atoms with Crippen LogP contribution in [-0.4, -0.2) is 16.7 Å². The first-order valence-electron chi connectivity index (χ1n) is 5.99. The molecule has 1 aromatic carbocycles. The third-order valence-corrected chi connectivity index (χ3v) is 2.64. The van der Waals surface area contributed by atoms with Gasteiger partial charge in [0.25, 0.3) is 5.89 Å². The van der Waals surface area contributed by atoms with Gasteiger partial charge in [-0.25, -0.2) is 4.39 Å². The highest BCUT2D eigenvalue weighted by molar-refractivity contribution is 5.55. The summed E-state index contributed by atoms with van der Waals surface area (Å²) in [6.07, 6.45) is 0. The van der Waals surface area contributed by atoms with Gasteiger partial charge in [-0.15, -0.1) is 5.10 Å². The molecule has 1 aromatic heterocycles. The maximum Gasteiger partial charge on any atom is 0.315 e. The fourth-order valence-electron chi connectivity index (χ4n) is 1.62. The molecule has 0 unspecified atom stereocenters. The normalized spacial score (nSPS) is 10.9. The van der Waals surface area contributed by atoms with E-state index in [1.807, 2.05) is 26.8 Å². The molecule has 0 bridgehead atoms. The van der Waals surface area contributed by atoms with Crippen LogP contribution in [0.15, 0.2) is 22.6 Å². The Bertz CT molecular complexity index is 537. The Hall–Kier alpha value is -1.91. The van der Waals surface area contributed by atoms with Gasteiger partial charge in [0.15, 0.2) is 0 Å². The molecule has 0 amide bonds. The van der Waals surface area contributed by atoms with Crippen LogP contribution in [0.4, 0.5) is 10.4 Å². The van der Waals surface area contributed by atoms with Crippen molar-refractivity contribution >= 4 is 6.01 Å². The topological polar surface area (TPSA) is 51.0 Å². The SMILES string of the molecule is CCNc1nnc(-c2ccc(C(C)C)cc2F)o1. The number of nitrogens with zero attached hydrogens (tertiary/aromatic N) is 2. The van der Waals surface area contributed by atoms with Gasteiger partial charge in [-0.1, -0.05) is 25.0 Å². The second-order valence-electron chi connectivity index (χ2n) is 4.34. The first kappa shape index (κ1) is 12.5. The molecular formula is C13H16FN3O. The van der Waals surface area contributed by atoms with Crippen molar-refractivity contribution in [1.29, 1.82) is 0 Å². The molecule has 1 heterocycles. The zero-order valence-corrected chi connectivity index (χ0v) is 10.7. The van der Waals surface area contributed by atoms with E-state index in [2.05, 4.69) is 15.5 Å². The number of aromatic nitrogens is 2. The van der Waals surface area contributed by atoms with E-state index in [-0.39, 0.29) is 17.6 Å². The summed E-state index contributed by atoms with van der Waals surface area (Å²) >= 11 is 0. The van der Waals surface area contributed by atoms with Gasteiger partial charge in [-0.3, -0.25) is 0 Å². The quantitative estimate of drug-likeness (QED) is 0.901. The summed E-state index contributed by atoms with van der Waals surface area (Å²) in [5, 5.41) is 10.5. The number of nitrogens with one attached hydrogen (secondary N) is 1. The Morgan fingerprint density at radius 3 is 2.72 bits per heavy atom. The van der Waals surface area contributed by atoms with E-state index < -0.39 is 0 Å². The molecule has 0 aliphatic rings. The van der Waals surface area contributed by atoms with Crippen molar-refractivity contribution in [2.75, 3.05) is 11.9 Å². The zero-order chi connectivity index (χ0) is 13.1. The monoisotopic (exact) mass is 249 g/mol. The van der Waals surface area contributed by atoms with E-state index in [0.717, 1.165) is 5.56 Å². The van der Waals surface area contributed by atoms with E-state index in [0.29, 0.717) is 18.1 Å². The van der Waals surface area contributed by atoms with Crippen molar-refractivity contribution in [1.82, 2.24) is 10.2 Å². The van der Waals surface area contributed by atoms with Crippen LogP contribution >= 0.6 is 0 Å². The Morgan fingerprint density at radius 2 is 2.11 bits per heavy atom. The molecule has 4 nitrogen and oxygen atoms in total. The Kier molecular flexibility index (Phi) is 3.60. The molecule has 2 aromatic rings. The standard InChI is InChI=1S/C13H16FN3O/c1-4-15-13-17-16-12(18-13)10-6-5-9(8(2)3)7-11(10)14/h5-8H,4H2,1-3H3,(H,15,17). The van der Waals surface area contributed by atoms with Crippen molar-refractivity contribution < 1.29 is 8.81 Å². The van der Waals surface area contributed by atoms with Gasteiger partial charge < -0.3 is 9.73 Å². The number of benzene rings is 1. The molecule has 2 rings (SSSR count). The summed E-state index contributed by atoms with van der Waals surface area (Å²) in [7, 11) is 0. The maximum atomic E-state index is 13.9. The predicted molar refractivity (Wildman–Crippen MR) is 67.9 cm³/mol. The first-order valence-corrected chi connectivity index (χ1v) is 5.99. The summed E-state index contributed by atoms with van der Waals surface area (Å²) < 4.78 is 19.3. The van der Waals surface area contributed by atoms with E-state index in [9.17, 15) is 4.39 Å². The van der Waals surface area contributed by atoms with Crippen molar-refractivity contribution in [3.63, 3.8) is 0 Å². The molecular weight excluding hydrogens is 233 g/mol.